The summed E-state index contributed by atoms with van der Waals surface area (Å²) in [5, 5.41) is 0. The van der Waals surface area contributed by atoms with E-state index in [4.69, 9.17) is 4.42 Å². The van der Waals surface area contributed by atoms with Crippen LogP contribution in [0.1, 0.15) is 16.8 Å². The van der Waals surface area contributed by atoms with E-state index in [1.165, 1.54) is 12.5 Å². The first-order chi connectivity index (χ1) is 9.66. The number of hydrogen-bond donors (Lipinski definition) is 0. The summed E-state index contributed by atoms with van der Waals surface area (Å²) in [6.45, 7) is 3.67. The number of hydrogen-bond acceptors (Lipinski definition) is 4. The van der Waals surface area contributed by atoms with Crippen molar-refractivity contribution in [1.29, 1.82) is 0 Å². The maximum atomic E-state index is 12.2. The molecule has 0 N–H and O–H groups in total. The number of carbonyl (C=O) groups is 2. The average Bonchev–Trinajstić information content (AvgIpc) is 3.10. The summed E-state index contributed by atoms with van der Waals surface area (Å²) in [7, 11) is 1.85. The molecule has 108 valence electrons. The highest BCUT2D eigenvalue weighted by Gasteiger charge is 2.36. The van der Waals surface area contributed by atoms with Gasteiger partial charge in [-0.15, -0.1) is 0 Å². The van der Waals surface area contributed by atoms with Crippen molar-refractivity contribution in [2.45, 2.75) is 12.5 Å². The predicted molar refractivity (Wildman–Crippen MR) is 72.2 cm³/mol. The number of amides is 2. The molecule has 2 amide bonds. The summed E-state index contributed by atoms with van der Waals surface area (Å²) >= 11 is 0. The molecule has 2 fully saturated rings. The molecule has 2 aliphatic heterocycles. The molecule has 20 heavy (non-hydrogen) atoms. The van der Waals surface area contributed by atoms with Gasteiger partial charge < -0.3 is 14.2 Å². The van der Waals surface area contributed by atoms with Crippen LogP contribution >= 0.6 is 0 Å². The van der Waals surface area contributed by atoms with E-state index in [0.29, 0.717) is 18.7 Å². The third-order valence-electron chi connectivity index (χ3n) is 4.21. The van der Waals surface area contributed by atoms with E-state index in [2.05, 4.69) is 4.90 Å². The van der Waals surface area contributed by atoms with Crippen LogP contribution in [0.3, 0.4) is 0 Å². The quantitative estimate of drug-likeness (QED) is 0.778. The van der Waals surface area contributed by atoms with Crippen molar-refractivity contribution in [2.75, 3.05) is 39.8 Å². The predicted octanol–water partition coefficient (Wildman–Crippen LogP) is 0.268. The van der Waals surface area contributed by atoms with Crippen LogP contribution in [0.25, 0.3) is 0 Å². The second-order valence-corrected chi connectivity index (χ2v) is 5.40. The van der Waals surface area contributed by atoms with Crippen molar-refractivity contribution in [3.05, 3.63) is 24.2 Å². The van der Waals surface area contributed by atoms with Crippen LogP contribution in [0.5, 0.6) is 0 Å². The van der Waals surface area contributed by atoms with Crippen molar-refractivity contribution in [3.8, 4) is 0 Å². The first kappa shape index (κ1) is 13.2. The van der Waals surface area contributed by atoms with E-state index in [1.54, 1.807) is 11.0 Å². The Morgan fingerprint density at radius 2 is 2.00 bits per heavy atom. The highest BCUT2D eigenvalue weighted by molar-refractivity contribution is 5.93. The number of rotatable bonds is 2. The Labute approximate surface area is 117 Å². The molecule has 3 heterocycles. The lowest BCUT2D eigenvalue weighted by molar-refractivity contribution is -0.131. The molecule has 1 aromatic rings. The van der Waals surface area contributed by atoms with E-state index >= 15 is 0 Å². The van der Waals surface area contributed by atoms with Gasteiger partial charge in [0, 0.05) is 39.8 Å². The Bertz CT molecular complexity index is 492. The van der Waals surface area contributed by atoms with Crippen LogP contribution in [0.2, 0.25) is 0 Å². The lowest BCUT2D eigenvalue weighted by Crippen LogP contribution is -2.53. The number of nitrogens with zero attached hydrogens (tertiary/aromatic N) is 3. The van der Waals surface area contributed by atoms with Gasteiger partial charge in [-0.2, -0.15) is 0 Å². The normalized spacial score (nSPS) is 24.4. The van der Waals surface area contributed by atoms with Gasteiger partial charge in [-0.05, 0) is 12.5 Å². The van der Waals surface area contributed by atoms with Crippen molar-refractivity contribution in [2.24, 2.45) is 0 Å². The summed E-state index contributed by atoms with van der Waals surface area (Å²) in [6.07, 6.45) is 3.88. The largest absolute Gasteiger partial charge is 0.472 e. The molecular weight excluding hydrogens is 258 g/mol. The number of piperazine rings is 1. The zero-order valence-corrected chi connectivity index (χ0v) is 11.6. The molecular formula is C14H19N3O3. The topological polar surface area (TPSA) is 57.0 Å². The van der Waals surface area contributed by atoms with Crippen LogP contribution in [0.4, 0.5) is 0 Å². The molecule has 1 aromatic heterocycles. The molecule has 0 radical (unpaired) electrons. The molecule has 0 aromatic carbocycles. The summed E-state index contributed by atoms with van der Waals surface area (Å²) in [6, 6.07) is 1.69. The van der Waals surface area contributed by atoms with Crippen molar-refractivity contribution >= 4 is 11.8 Å². The number of carbonyl (C=O) groups excluding carboxylic acids is 2. The molecule has 6 heteroatoms. The molecule has 1 unspecified atom stereocenters. The van der Waals surface area contributed by atoms with Gasteiger partial charge in [0.25, 0.3) is 5.91 Å². The molecule has 3 rings (SSSR count). The molecule has 1 atom stereocenters. The van der Waals surface area contributed by atoms with Gasteiger partial charge in [-0.1, -0.05) is 0 Å². The Morgan fingerprint density at radius 3 is 2.55 bits per heavy atom. The molecule has 0 aliphatic carbocycles. The minimum absolute atomic E-state index is 0.00572. The van der Waals surface area contributed by atoms with E-state index in [9.17, 15) is 9.59 Å². The van der Waals surface area contributed by atoms with Crippen LogP contribution in [-0.4, -0.2) is 72.3 Å². The van der Waals surface area contributed by atoms with Gasteiger partial charge in [0.15, 0.2) is 0 Å². The highest BCUT2D eigenvalue weighted by atomic mass is 16.3. The van der Waals surface area contributed by atoms with Crippen molar-refractivity contribution in [3.63, 3.8) is 0 Å². The fourth-order valence-corrected chi connectivity index (χ4v) is 2.95. The van der Waals surface area contributed by atoms with Crippen LogP contribution < -0.4 is 0 Å². The Hall–Kier alpha value is -1.82. The van der Waals surface area contributed by atoms with Gasteiger partial charge in [-0.3, -0.25) is 14.5 Å². The Kier molecular flexibility index (Phi) is 3.48. The third kappa shape index (κ3) is 2.31. The van der Waals surface area contributed by atoms with Gasteiger partial charge in [-0.25, -0.2) is 0 Å². The van der Waals surface area contributed by atoms with Crippen LogP contribution in [0.15, 0.2) is 23.0 Å². The second-order valence-electron chi connectivity index (χ2n) is 5.40. The van der Waals surface area contributed by atoms with E-state index in [-0.39, 0.29) is 17.9 Å². The van der Waals surface area contributed by atoms with Crippen molar-refractivity contribution < 1.29 is 14.0 Å². The second kappa shape index (κ2) is 5.28. The van der Waals surface area contributed by atoms with Crippen LogP contribution in [0, 0.1) is 0 Å². The molecule has 2 saturated heterocycles. The maximum absolute atomic E-state index is 12.2. The first-order valence-electron chi connectivity index (χ1n) is 6.97. The lowest BCUT2D eigenvalue weighted by atomic mass is 10.1. The smallest absolute Gasteiger partial charge is 0.257 e. The molecule has 2 aliphatic rings. The Balaban J connectivity index is 1.57. The molecule has 0 spiro atoms. The number of likely N-dealkylation sites (tertiary alicyclic amines) is 1. The standard InChI is InChI=1S/C14H19N3O3/c1-15-4-2-12(14(15)19)16-5-7-17(8-6-16)13(18)11-3-9-20-10-11/h3,9-10,12H,2,4-8H2,1H3. The minimum atomic E-state index is 0.00572. The van der Waals surface area contributed by atoms with E-state index < -0.39 is 0 Å². The maximum Gasteiger partial charge on any atom is 0.257 e. The van der Waals surface area contributed by atoms with Gasteiger partial charge in [0.2, 0.25) is 5.91 Å². The summed E-state index contributed by atoms with van der Waals surface area (Å²) in [5.41, 5.74) is 0.593. The van der Waals surface area contributed by atoms with Gasteiger partial charge in [0.05, 0.1) is 17.9 Å². The lowest BCUT2D eigenvalue weighted by Gasteiger charge is -2.37. The zero-order valence-electron chi connectivity index (χ0n) is 11.6. The first-order valence-corrected chi connectivity index (χ1v) is 6.97. The monoisotopic (exact) mass is 277 g/mol. The molecule has 6 nitrogen and oxygen atoms in total. The highest BCUT2D eigenvalue weighted by Crippen LogP contribution is 2.18. The SMILES string of the molecule is CN1CCC(N2CCN(C(=O)c3ccoc3)CC2)C1=O. The van der Waals surface area contributed by atoms with Gasteiger partial charge in [0.1, 0.15) is 6.26 Å². The fraction of sp³-hybridized carbons (Fsp3) is 0.571. The molecule has 0 saturated carbocycles. The van der Waals surface area contributed by atoms with Gasteiger partial charge >= 0.3 is 0 Å². The summed E-state index contributed by atoms with van der Waals surface area (Å²) < 4.78 is 4.95. The summed E-state index contributed by atoms with van der Waals surface area (Å²) in [5.74, 6) is 0.216. The number of furan rings is 1. The van der Waals surface area contributed by atoms with Crippen molar-refractivity contribution in [1.82, 2.24) is 14.7 Å². The molecule has 0 bridgehead atoms. The minimum Gasteiger partial charge on any atom is -0.472 e. The number of likely N-dealkylation sites (N-methyl/N-ethyl adjacent to an activating group) is 1. The average molecular weight is 277 g/mol. The van der Waals surface area contributed by atoms with E-state index in [1.807, 2.05) is 11.9 Å². The third-order valence-corrected chi connectivity index (χ3v) is 4.21. The Morgan fingerprint density at radius 1 is 1.25 bits per heavy atom. The zero-order chi connectivity index (χ0) is 14.1. The fourth-order valence-electron chi connectivity index (χ4n) is 2.95. The summed E-state index contributed by atoms with van der Waals surface area (Å²) in [4.78, 5) is 30.0. The van der Waals surface area contributed by atoms with Crippen LogP contribution in [-0.2, 0) is 4.79 Å². The van der Waals surface area contributed by atoms with E-state index in [0.717, 1.165) is 26.1 Å².